The molecule has 7 atom stereocenters. The lowest BCUT2D eigenvalue weighted by molar-refractivity contribution is -0.333. The van der Waals surface area contributed by atoms with E-state index in [1.807, 2.05) is 12.1 Å². The second kappa shape index (κ2) is 13.4. The molecule has 33 heavy (non-hydrogen) atoms. The van der Waals surface area contributed by atoms with Crippen molar-refractivity contribution in [3.05, 3.63) is 42.5 Å². The normalized spacial score (nSPS) is 29.4. The highest BCUT2D eigenvalue weighted by atomic mass is 16.7. The summed E-state index contributed by atoms with van der Waals surface area (Å²) in [6.07, 6.45) is -3.91. The number of hydrogen-bond acceptors (Lipinski definition) is 9. The Morgan fingerprint density at radius 2 is 1.70 bits per heavy atom. The zero-order valence-corrected chi connectivity index (χ0v) is 18.9. The van der Waals surface area contributed by atoms with Crippen molar-refractivity contribution >= 4 is 0 Å². The number of rotatable bonds is 14. The molecule has 1 aliphatic rings. The molecule has 9 heteroatoms. The minimum Gasteiger partial charge on any atom is -0.462 e. The number of hydrogen-bond donors (Lipinski definition) is 7. The summed E-state index contributed by atoms with van der Waals surface area (Å²) >= 11 is 0. The van der Waals surface area contributed by atoms with E-state index >= 15 is 0 Å². The van der Waals surface area contributed by atoms with Crippen molar-refractivity contribution in [2.75, 3.05) is 19.8 Å². The molecule has 1 heterocycles. The van der Waals surface area contributed by atoms with Gasteiger partial charge in [0.1, 0.15) is 24.1 Å². The smallest absolute Gasteiger partial charge is 0.232 e. The topological polar surface area (TPSA) is 160 Å². The van der Waals surface area contributed by atoms with Crippen molar-refractivity contribution in [1.29, 1.82) is 0 Å². The number of aliphatic hydroxyl groups is 7. The van der Waals surface area contributed by atoms with Crippen LogP contribution in [0, 0.1) is 5.92 Å². The van der Waals surface area contributed by atoms with Crippen molar-refractivity contribution in [2.45, 2.75) is 74.8 Å². The fraction of sp³-hybridized carbons (Fsp3) is 0.667. The molecule has 0 bridgehead atoms. The third-order valence-electron chi connectivity index (χ3n) is 6.09. The van der Waals surface area contributed by atoms with E-state index in [0.29, 0.717) is 25.0 Å². The van der Waals surface area contributed by atoms with E-state index in [1.165, 1.54) is 0 Å². The molecule has 1 aromatic rings. The Labute approximate surface area is 194 Å². The van der Waals surface area contributed by atoms with Crippen LogP contribution in [0.3, 0.4) is 0 Å². The van der Waals surface area contributed by atoms with Crippen LogP contribution < -0.4 is 4.74 Å². The maximum absolute atomic E-state index is 11.5. The zero-order chi connectivity index (χ0) is 24.4. The molecule has 0 aromatic heterocycles. The number of ether oxygens (including phenoxy) is 2. The van der Waals surface area contributed by atoms with Crippen molar-refractivity contribution in [1.82, 2.24) is 0 Å². The molecule has 0 spiro atoms. The van der Waals surface area contributed by atoms with Crippen LogP contribution in [-0.4, -0.2) is 91.9 Å². The summed E-state index contributed by atoms with van der Waals surface area (Å²) in [4.78, 5) is 0. The number of aliphatic hydroxyl groups excluding tert-OH is 6. The minimum absolute atomic E-state index is 0.0906. The highest BCUT2D eigenvalue weighted by molar-refractivity contribution is 5.28. The van der Waals surface area contributed by atoms with Gasteiger partial charge in [-0.25, -0.2) is 0 Å². The average Bonchev–Trinajstić information content (AvgIpc) is 2.82. The third kappa shape index (κ3) is 7.21. The second-order valence-electron chi connectivity index (χ2n) is 8.67. The zero-order valence-electron chi connectivity index (χ0n) is 18.9. The van der Waals surface area contributed by atoms with Crippen LogP contribution in [0.4, 0.5) is 0 Å². The predicted molar refractivity (Wildman–Crippen MR) is 120 cm³/mol. The molecule has 9 nitrogen and oxygen atoms in total. The average molecular weight is 471 g/mol. The minimum atomic E-state index is -2.10. The summed E-state index contributed by atoms with van der Waals surface area (Å²) in [5.41, 5.74) is -1.11. The first-order valence-electron chi connectivity index (χ1n) is 11.4. The van der Waals surface area contributed by atoms with E-state index in [-0.39, 0.29) is 39.1 Å². The van der Waals surface area contributed by atoms with Gasteiger partial charge < -0.3 is 45.2 Å². The van der Waals surface area contributed by atoms with Crippen LogP contribution in [0.2, 0.25) is 0 Å². The molecule has 0 aliphatic carbocycles. The molecule has 1 aliphatic heterocycles. The molecular formula is C24H38O9. The van der Waals surface area contributed by atoms with Gasteiger partial charge in [-0.2, -0.15) is 0 Å². The van der Waals surface area contributed by atoms with E-state index in [2.05, 4.69) is 6.58 Å². The summed E-state index contributed by atoms with van der Waals surface area (Å²) in [6, 6.07) is 6.98. The number of allylic oxidation sites excluding steroid dienone is 1. The first-order chi connectivity index (χ1) is 15.8. The molecule has 0 amide bonds. The van der Waals surface area contributed by atoms with Crippen molar-refractivity contribution in [3.63, 3.8) is 0 Å². The first-order valence-corrected chi connectivity index (χ1v) is 11.4. The largest absolute Gasteiger partial charge is 0.462 e. The highest BCUT2D eigenvalue weighted by Crippen LogP contribution is 2.38. The summed E-state index contributed by atoms with van der Waals surface area (Å²) in [6.45, 7) is 3.14. The Bertz CT molecular complexity index is 698. The molecular weight excluding hydrogens is 432 g/mol. The highest BCUT2D eigenvalue weighted by Gasteiger charge is 2.57. The molecule has 0 saturated carbocycles. The fourth-order valence-corrected chi connectivity index (χ4v) is 4.18. The first kappa shape index (κ1) is 27.7. The Kier molecular flexibility index (Phi) is 11.2. The molecule has 1 aromatic carbocycles. The van der Waals surface area contributed by atoms with E-state index in [0.717, 1.165) is 5.56 Å². The van der Waals surface area contributed by atoms with Gasteiger partial charge in [-0.15, -0.1) is 6.58 Å². The molecule has 7 unspecified atom stereocenters. The summed E-state index contributed by atoms with van der Waals surface area (Å²) in [5.74, 6) is -0.154. The van der Waals surface area contributed by atoms with Gasteiger partial charge in [-0.3, -0.25) is 0 Å². The molecule has 2 rings (SSSR count). The third-order valence-corrected chi connectivity index (χ3v) is 6.09. The quantitative estimate of drug-likeness (QED) is 0.184. The van der Waals surface area contributed by atoms with Gasteiger partial charge in [-0.05, 0) is 62.1 Å². The monoisotopic (exact) mass is 470 g/mol. The summed E-state index contributed by atoms with van der Waals surface area (Å²) in [7, 11) is 0. The van der Waals surface area contributed by atoms with Crippen LogP contribution >= 0.6 is 0 Å². The lowest BCUT2D eigenvalue weighted by Gasteiger charge is -2.49. The lowest BCUT2D eigenvalue weighted by Crippen LogP contribution is -2.69. The van der Waals surface area contributed by atoms with Crippen LogP contribution in [0.1, 0.15) is 37.7 Å². The maximum Gasteiger partial charge on any atom is 0.232 e. The van der Waals surface area contributed by atoms with Crippen LogP contribution in [0.25, 0.3) is 0 Å². The molecule has 0 radical (unpaired) electrons. The van der Waals surface area contributed by atoms with E-state index in [9.17, 15) is 25.5 Å². The van der Waals surface area contributed by atoms with Crippen LogP contribution in [0.15, 0.2) is 36.9 Å². The van der Waals surface area contributed by atoms with Gasteiger partial charge in [0, 0.05) is 19.8 Å². The predicted octanol–water partition coefficient (Wildman–Crippen LogP) is -0.124. The van der Waals surface area contributed by atoms with Crippen LogP contribution in [0.5, 0.6) is 5.75 Å². The second-order valence-corrected chi connectivity index (χ2v) is 8.67. The molecule has 188 valence electrons. The summed E-state index contributed by atoms with van der Waals surface area (Å²) < 4.78 is 11.7. The van der Waals surface area contributed by atoms with Gasteiger partial charge in [0.25, 0.3) is 0 Å². The van der Waals surface area contributed by atoms with Crippen LogP contribution in [-0.2, 0) is 11.2 Å². The standard InChI is InChI=1S/C24H38O9/c1-2-5-16-8-10-18(11-9-16)32-23-24(31,14-17(15-27)6-3-12-25)22(30)20(29)21(33-23)19(28)7-4-13-26/h2,8-11,17,19-23,25-31H,1,3-7,12-15H2. The van der Waals surface area contributed by atoms with Gasteiger partial charge in [0.2, 0.25) is 6.29 Å². The van der Waals surface area contributed by atoms with Gasteiger partial charge in [0.15, 0.2) is 5.60 Å². The van der Waals surface area contributed by atoms with E-state index < -0.39 is 42.2 Å². The van der Waals surface area contributed by atoms with Crippen molar-refractivity contribution in [2.24, 2.45) is 5.92 Å². The molecule has 1 fully saturated rings. The van der Waals surface area contributed by atoms with Crippen molar-refractivity contribution < 1.29 is 45.2 Å². The lowest BCUT2D eigenvalue weighted by atomic mass is 9.77. The Morgan fingerprint density at radius 3 is 2.27 bits per heavy atom. The van der Waals surface area contributed by atoms with E-state index in [4.69, 9.17) is 19.7 Å². The SMILES string of the molecule is C=CCc1ccc(OC2OC(C(O)CCCO)C(O)C(O)C2(O)CC(CO)CCCO)cc1. The van der Waals surface area contributed by atoms with Crippen molar-refractivity contribution in [3.8, 4) is 5.75 Å². The maximum atomic E-state index is 11.5. The molecule has 7 N–H and O–H groups in total. The van der Waals surface area contributed by atoms with Gasteiger partial charge in [0.05, 0.1) is 6.10 Å². The Hall–Kier alpha value is -1.56. The summed E-state index contributed by atoms with van der Waals surface area (Å²) in [5, 5.41) is 71.4. The fourth-order valence-electron chi connectivity index (χ4n) is 4.18. The Balaban J connectivity index is 2.31. The van der Waals surface area contributed by atoms with Gasteiger partial charge in [-0.1, -0.05) is 18.2 Å². The molecule has 1 saturated heterocycles. The number of benzene rings is 1. The Morgan fingerprint density at radius 1 is 1.06 bits per heavy atom. The van der Waals surface area contributed by atoms with E-state index in [1.54, 1.807) is 18.2 Å². The van der Waals surface area contributed by atoms with Gasteiger partial charge >= 0.3 is 0 Å².